The highest BCUT2D eigenvalue weighted by Gasteiger charge is 2.56. The van der Waals surface area contributed by atoms with Crippen LogP contribution in [0.25, 0.3) is 0 Å². The van der Waals surface area contributed by atoms with Crippen molar-refractivity contribution in [3.8, 4) is 0 Å². The van der Waals surface area contributed by atoms with Gasteiger partial charge in [-0.2, -0.15) is 0 Å². The van der Waals surface area contributed by atoms with E-state index in [2.05, 4.69) is 19.1 Å². The van der Waals surface area contributed by atoms with Gasteiger partial charge in [0.25, 0.3) is 0 Å². The van der Waals surface area contributed by atoms with Crippen LogP contribution in [-0.4, -0.2) is 39.9 Å². The summed E-state index contributed by atoms with van der Waals surface area (Å²) in [5.41, 5.74) is 1.29. The van der Waals surface area contributed by atoms with Crippen molar-refractivity contribution in [1.29, 1.82) is 0 Å². The lowest BCUT2D eigenvalue weighted by Gasteiger charge is -2.23. The molecule has 1 fully saturated rings. The molecule has 0 aromatic carbocycles. The van der Waals surface area contributed by atoms with Crippen molar-refractivity contribution in [2.45, 2.75) is 32.6 Å². The number of rotatable bonds is 4. The molecule has 23 heavy (non-hydrogen) atoms. The average Bonchev–Trinajstić information content (AvgIpc) is 2.88. The summed E-state index contributed by atoms with van der Waals surface area (Å²) >= 11 is 0. The molecule has 5 nitrogen and oxygen atoms in total. The molecular formula is C18H26O5. The van der Waals surface area contributed by atoms with Gasteiger partial charge in [-0.25, -0.2) is 0 Å². The van der Waals surface area contributed by atoms with Crippen molar-refractivity contribution in [3.05, 3.63) is 23.3 Å². The molecule has 0 saturated heterocycles. The normalized spacial score (nSPS) is 30.8. The van der Waals surface area contributed by atoms with E-state index in [1.54, 1.807) is 7.11 Å². The number of carbonyl (C=O) groups excluding carboxylic acids is 2. The molecule has 0 radical (unpaired) electrons. The van der Waals surface area contributed by atoms with E-state index >= 15 is 0 Å². The Labute approximate surface area is 137 Å². The Hall–Kier alpha value is -1.62. The van der Waals surface area contributed by atoms with Crippen molar-refractivity contribution in [2.24, 2.45) is 17.3 Å². The maximum absolute atomic E-state index is 12.4. The van der Waals surface area contributed by atoms with Crippen molar-refractivity contribution in [3.63, 3.8) is 0 Å². The highest BCUT2D eigenvalue weighted by molar-refractivity contribution is 6.00. The zero-order valence-corrected chi connectivity index (χ0v) is 14.4. The molecule has 0 aromatic rings. The second-order valence-electron chi connectivity index (χ2n) is 6.61. The fourth-order valence-corrected chi connectivity index (χ4v) is 3.94. The van der Waals surface area contributed by atoms with Gasteiger partial charge in [0.2, 0.25) is 0 Å². The van der Waals surface area contributed by atoms with Gasteiger partial charge < -0.3 is 14.2 Å². The Kier molecular flexibility index (Phi) is 5.63. The summed E-state index contributed by atoms with van der Waals surface area (Å²) in [5.74, 6) is -0.586. The molecule has 0 heterocycles. The van der Waals surface area contributed by atoms with Crippen LogP contribution in [0.2, 0.25) is 0 Å². The number of methoxy groups -OCH3 is 3. The van der Waals surface area contributed by atoms with Crippen LogP contribution in [0.5, 0.6) is 0 Å². The first-order valence-corrected chi connectivity index (χ1v) is 7.97. The minimum absolute atomic E-state index is 0.175. The maximum atomic E-state index is 12.4. The molecule has 0 spiro atoms. The number of ether oxygens (including phenoxy) is 3. The molecular weight excluding hydrogens is 296 g/mol. The van der Waals surface area contributed by atoms with Gasteiger partial charge in [0, 0.05) is 7.11 Å². The predicted octanol–water partition coefficient (Wildman–Crippen LogP) is 2.66. The van der Waals surface area contributed by atoms with Crippen LogP contribution in [0.1, 0.15) is 32.6 Å². The number of hydrogen-bond donors (Lipinski definition) is 0. The van der Waals surface area contributed by atoms with Crippen LogP contribution in [0.3, 0.4) is 0 Å². The topological polar surface area (TPSA) is 61.8 Å². The van der Waals surface area contributed by atoms with Crippen LogP contribution in [0.4, 0.5) is 0 Å². The molecule has 2 aliphatic carbocycles. The van der Waals surface area contributed by atoms with Gasteiger partial charge in [-0.05, 0) is 50.0 Å². The molecule has 0 amide bonds. The first-order chi connectivity index (χ1) is 11.0. The van der Waals surface area contributed by atoms with Gasteiger partial charge >= 0.3 is 11.9 Å². The van der Waals surface area contributed by atoms with Crippen molar-refractivity contribution in [1.82, 2.24) is 0 Å². The SMILES string of the molecule is COC/C1=C/C/C(C)=C\[C@@H]2CC(C(=O)OC)(C(=O)OC)C[C@@H]2C1. The fraction of sp³-hybridized carbons (Fsp3) is 0.667. The molecule has 128 valence electrons. The van der Waals surface area contributed by atoms with E-state index in [1.165, 1.54) is 25.4 Å². The van der Waals surface area contributed by atoms with Crippen LogP contribution in [0, 0.1) is 17.3 Å². The molecule has 2 rings (SSSR count). The van der Waals surface area contributed by atoms with Gasteiger partial charge in [-0.3, -0.25) is 9.59 Å². The van der Waals surface area contributed by atoms with Crippen LogP contribution in [-0.2, 0) is 23.8 Å². The minimum Gasteiger partial charge on any atom is -0.468 e. The molecule has 2 aliphatic rings. The molecule has 1 saturated carbocycles. The van der Waals surface area contributed by atoms with Gasteiger partial charge in [-0.1, -0.05) is 17.7 Å². The summed E-state index contributed by atoms with van der Waals surface area (Å²) in [6, 6.07) is 0. The Morgan fingerprint density at radius 3 is 2.39 bits per heavy atom. The van der Waals surface area contributed by atoms with Crippen molar-refractivity contribution in [2.75, 3.05) is 27.9 Å². The quantitative estimate of drug-likeness (QED) is 0.452. The number of hydrogen-bond acceptors (Lipinski definition) is 5. The number of carbonyl (C=O) groups is 2. The van der Waals surface area contributed by atoms with E-state index < -0.39 is 17.4 Å². The van der Waals surface area contributed by atoms with Gasteiger partial charge in [0.15, 0.2) is 5.41 Å². The van der Waals surface area contributed by atoms with Crippen molar-refractivity contribution >= 4 is 11.9 Å². The zero-order valence-electron chi connectivity index (χ0n) is 14.4. The molecule has 0 N–H and O–H groups in total. The third-order valence-corrected chi connectivity index (χ3v) is 5.02. The smallest absolute Gasteiger partial charge is 0.323 e. The van der Waals surface area contributed by atoms with Crippen LogP contribution in [0.15, 0.2) is 23.3 Å². The van der Waals surface area contributed by atoms with Gasteiger partial charge in [0.05, 0.1) is 20.8 Å². The predicted molar refractivity (Wildman–Crippen MR) is 85.6 cm³/mol. The standard InChI is InChI=1S/C18H26O5/c1-12-5-6-13(11-21-2)8-15-10-18(16(19)22-3,17(20)23-4)9-14(15)7-12/h6-7,14-15H,5,8-11H2,1-4H3/b12-7-,13-6+/t14-,15+/m1/s1. The molecule has 0 unspecified atom stereocenters. The van der Waals surface area contributed by atoms with E-state index in [0.29, 0.717) is 19.4 Å². The van der Waals surface area contributed by atoms with Gasteiger partial charge in [-0.15, -0.1) is 0 Å². The summed E-state index contributed by atoms with van der Waals surface area (Å²) < 4.78 is 15.1. The van der Waals surface area contributed by atoms with Gasteiger partial charge in [0.1, 0.15) is 0 Å². The Balaban J connectivity index is 2.34. The number of esters is 2. The van der Waals surface area contributed by atoms with Crippen LogP contribution < -0.4 is 0 Å². The van der Waals surface area contributed by atoms with E-state index in [4.69, 9.17) is 14.2 Å². The Morgan fingerprint density at radius 1 is 1.17 bits per heavy atom. The number of fused-ring (bicyclic) bond motifs is 1. The molecule has 2 atom stereocenters. The summed E-state index contributed by atoms with van der Waals surface area (Å²) in [4.78, 5) is 24.7. The van der Waals surface area contributed by atoms with Crippen LogP contribution >= 0.6 is 0 Å². The molecule has 5 heteroatoms. The Morgan fingerprint density at radius 2 is 1.83 bits per heavy atom. The lowest BCUT2D eigenvalue weighted by Crippen LogP contribution is -2.39. The molecule has 0 bridgehead atoms. The third-order valence-electron chi connectivity index (χ3n) is 5.02. The second kappa shape index (κ2) is 7.30. The van der Waals surface area contributed by atoms with E-state index in [1.807, 2.05) is 0 Å². The minimum atomic E-state index is -1.18. The van der Waals surface area contributed by atoms with E-state index in [-0.39, 0.29) is 11.8 Å². The largest absolute Gasteiger partial charge is 0.468 e. The first-order valence-electron chi connectivity index (χ1n) is 7.97. The summed E-state index contributed by atoms with van der Waals surface area (Å²) in [5, 5.41) is 0. The van der Waals surface area contributed by atoms with E-state index in [0.717, 1.165) is 12.8 Å². The summed E-state index contributed by atoms with van der Waals surface area (Å²) in [6.45, 7) is 2.67. The fourth-order valence-electron chi connectivity index (χ4n) is 3.94. The lowest BCUT2D eigenvalue weighted by atomic mass is 9.84. The van der Waals surface area contributed by atoms with Crippen molar-refractivity contribution < 1.29 is 23.8 Å². The monoisotopic (exact) mass is 322 g/mol. The highest BCUT2D eigenvalue weighted by Crippen LogP contribution is 2.51. The van der Waals surface area contributed by atoms with E-state index in [9.17, 15) is 9.59 Å². The summed E-state index contributed by atoms with van der Waals surface area (Å²) in [6.07, 6.45) is 7.03. The molecule has 0 aliphatic heterocycles. The average molecular weight is 322 g/mol. The third kappa shape index (κ3) is 3.50. The lowest BCUT2D eigenvalue weighted by molar-refractivity contribution is -0.169. The zero-order chi connectivity index (χ0) is 17.0. The number of allylic oxidation sites excluding steroid dienone is 3. The summed E-state index contributed by atoms with van der Waals surface area (Å²) in [7, 11) is 4.33. The highest BCUT2D eigenvalue weighted by atomic mass is 16.5. The first kappa shape index (κ1) is 17.7. The molecule has 0 aromatic heterocycles. The Bertz CT molecular complexity index is 516. The maximum Gasteiger partial charge on any atom is 0.323 e. The second-order valence-corrected chi connectivity index (χ2v) is 6.61.